The summed E-state index contributed by atoms with van der Waals surface area (Å²) < 4.78 is 61.1. The van der Waals surface area contributed by atoms with Gasteiger partial charge < -0.3 is 14.7 Å². The Balaban J connectivity index is 1.30. The number of hydrogen-bond donors (Lipinski definition) is 2. The lowest BCUT2D eigenvalue weighted by atomic mass is 10.1. The average molecular weight is 492 g/mol. The number of fused-ring (bicyclic) bond motifs is 1. The van der Waals surface area contributed by atoms with Crippen molar-refractivity contribution in [1.29, 1.82) is 0 Å². The van der Waals surface area contributed by atoms with Crippen LogP contribution in [0.3, 0.4) is 0 Å². The van der Waals surface area contributed by atoms with Crippen LogP contribution in [0.1, 0.15) is 11.5 Å². The summed E-state index contributed by atoms with van der Waals surface area (Å²) in [5.74, 6) is -1.08. The molecular weight excluding hydrogens is 478 g/mol. The van der Waals surface area contributed by atoms with Gasteiger partial charge in [0.2, 0.25) is 5.82 Å². The minimum absolute atomic E-state index is 0.148. The van der Waals surface area contributed by atoms with E-state index in [0.717, 1.165) is 11.3 Å². The van der Waals surface area contributed by atoms with Gasteiger partial charge in [-0.25, -0.2) is 4.39 Å². The zero-order valence-corrected chi connectivity index (χ0v) is 17.8. The van der Waals surface area contributed by atoms with E-state index in [0.29, 0.717) is 34.3 Å². The van der Waals surface area contributed by atoms with Crippen LogP contribution in [0.15, 0.2) is 65.2 Å². The normalized spacial score (nSPS) is 13.0. The third-order valence-corrected chi connectivity index (χ3v) is 5.33. The molecule has 5 rings (SSSR count). The minimum Gasteiger partial charge on any atom is -0.456 e. The molecule has 0 fully saturated rings. The van der Waals surface area contributed by atoms with Crippen LogP contribution in [0.5, 0.6) is 11.5 Å². The first-order valence-corrected chi connectivity index (χ1v) is 10.2. The standard InChI is InChI=1S/C22H14ClF4N5O2/c23-18-17(33-15-7-5-14(24)6-8-15)10-9-16-19(18)29-31-32(16)11-12-1-3-13(4-2-12)20-28-21(34-30-20)22(25,26)27/h1-10,29,31H,11H2. The number of hydrogen-bond acceptors (Lipinski definition) is 7. The van der Waals surface area contributed by atoms with Gasteiger partial charge in [-0.05, 0) is 42.0 Å². The van der Waals surface area contributed by atoms with E-state index in [9.17, 15) is 17.6 Å². The highest BCUT2D eigenvalue weighted by Gasteiger charge is 2.38. The number of anilines is 2. The van der Waals surface area contributed by atoms with E-state index in [2.05, 4.69) is 25.6 Å². The molecule has 1 aromatic heterocycles. The van der Waals surface area contributed by atoms with Crippen LogP contribution in [0, 0.1) is 5.82 Å². The Morgan fingerprint density at radius 2 is 1.74 bits per heavy atom. The fourth-order valence-electron chi connectivity index (χ4n) is 3.31. The molecule has 1 aliphatic heterocycles. The van der Waals surface area contributed by atoms with Crippen LogP contribution >= 0.6 is 11.6 Å². The van der Waals surface area contributed by atoms with Crippen LogP contribution in [-0.4, -0.2) is 10.1 Å². The summed E-state index contributed by atoms with van der Waals surface area (Å²) in [5.41, 5.74) is 8.60. The van der Waals surface area contributed by atoms with Crippen molar-refractivity contribution in [3.8, 4) is 22.9 Å². The molecule has 2 heterocycles. The quantitative estimate of drug-likeness (QED) is 0.322. The third kappa shape index (κ3) is 4.35. The molecule has 174 valence electrons. The Bertz CT molecular complexity index is 1330. The van der Waals surface area contributed by atoms with Crippen LogP contribution in [-0.2, 0) is 12.7 Å². The van der Waals surface area contributed by atoms with Crippen molar-refractivity contribution < 1.29 is 26.8 Å². The monoisotopic (exact) mass is 491 g/mol. The maximum atomic E-state index is 13.1. The lowest BCUT2D eigenvalue weighted by Crippen LogP contribution is -2.35. The molecule has 0 saturated heterocycles. The van der Waals surface area contributed by atoms with Crippen molar-refractivity contribution in [2.75, 3.05) is 10.4 Å². The van der Waals surface area contributed by atoms with Gasteiger partial charge in [0.05, 0.1) is 17.9 Å². The van der Waals surface area contributed by atoms with Crippen LogP contribution in [0.4, 0.5) is 28.9 Å². The van der Waals surface area contributed by atoms with E-state index in [4.69, 9.17) is 16.3 Å². The summed E-state index contributed by atoms with van der Waals surface area (Å²) in [5, 5.41) is 5.52. The van der Waals surface area contributed by atoms with E-state index < -0.39 is 12.1 Å². The molecule has 3 aromatic carbocycles. The summed E-state index contributed by atoms with van der Waals surface area (Å²) in [7, 11) is 0. The van der Waals surface area contributed by atoms with Crippen molar-refractivity contribution in [2.24, 2.45) is 0 Å². The van der Waals surface area contributed by atoms with Crippen molar-refractivity contribution in [3.05, 3.63) is 83.0 Å². The molecule has 2 N–H and O–H groups in total. The third-order valence-electron chi connectivity index (χ3n) is 4.95. The molecular formula is C22H14ClF4N5O2. The number of nitrogens with zero attached hydrogens (tertiary/aromatic N) is 3. The van der Waals surface area contributed by atoms with Crippen LogP contribution in [0.2, 0.25) is 5.02 Å². The zero-order chi connectivity index (χ0) is 23.9. The second-order valence-corrected chi connectivity index (χ2v) is 7.65. The summed E-state index contributed by atoms with van der Waals surface area (Å²) >= 11 is 6.50. The van der Waals surface area contributed by atoms with Crippen molar-refractivity contribution in [1.82, 2.24) is 15.7 Å². The van der Waals surface area contributed by atoms with Gasteiger partial charge in [-0.15, -0.1) is 5.53 Å². The molecule has 0 radical (unpaired) electrons. The first-order valence-electron chi connectivity index (χ1n) is 9.83. The van der Waals surface area contributed by atoms with E-state index in [1.54, 1.807) is 41.4 Å². The van der Waals surface area contributed by atoms with Crippen molar-refractivity contribution in [3.63, 3.8) is 0 Å². The summed E-state index contributed by atoms with van der Waals surface area (Å²) in [6.07, 6.45) is -4.70. The SMILES string of the molecule is Fc1ccc(Oc2ccc3c(c2Cl)NNN3Cc2ccc(-c3noc(C(F)(F)F)n3)cc2)cc1. The molecule has 0 aliphatic carbocycles. The first-order chi connectivity index (χ1) is 16.3. The fraction of sp³-hybridized carbons (Fsp3) is 0.0909. The number of ether oxygens (including phenoxy) is 1. The Morgan fingerprint density at radius 3 is 2.41 bits per heavy atom. The molecule has 0 spiro atoms. The number of benzene rings is 3. The van der Waals surface area contributed by atoms with Gasteiger partial charge in [0, 0.05) is 5.56 Å². The molecule has 0 unspecified atom stereocenters. The van der Waals surface area contributed by atoms with Gasteiger partial charge in [0.1, 0.15) is 22.3 Å². The Hall–Kier alpha value is -3.83. The number of aromatic nitrogens is 2. The Kier molecular flexibility index (Phi) is 5.50. The molecule has 0 saturated carbocycles. The predicted octanol–water partition coefficient (Wildman–Crippen LogP) is 6.19. The second-order valence-electron chi connectivity index (χ2n) is 7.27. The van der Waals surface area contributed by atoms with Gasteiger partial charge in [0.25, 0.3) is 0 Å². The molecule has 7 nitrogen and oxygen atoms in total. The number of rotatable bonds is 5. The van der Waals surface area contributed by atoms with Crippen LogP contribution in [0.25, 0.3) is 11.4 Å². The van der Waals surface area contributed by atoms with Gasteiger partial charge in [-0.1, -0.05) is 41.0 Å². The maximum absolute atomic E-state index is 13.1. The van der Waals surface area contributed by atoms with E-state index in [-0.39, 0.29) is 11.6 Å². The molecule has 1 aliphatic rings. The highest BCUT2D eigenvalue weighted by Crippen LogP contribution is 2.43. The molecule has 34 heavy (non-hydrogen) atoms. The lowest BCUT2D eigenvalue weighted by molar-refractivity contribution is -0.159. The molecule has 12 heteroatoms. The average Bonchev–Trinajstić information content (AvgIpc) is 3.46. The Labute approximate surface area is 194 Å². The zero-order valence-electron chi connectivity index (χ0n) is 17.0. The predicted molar refractivity (Wildman–Crippen MR) is 116 cm³/mol. The van der Waals surface area contributed by atoms with E-state index in [1.165, 1.54) is 24.3 Å². The molecule has 4 aromatic rings. The van der Waals surface area contributed by atoms with E-state index in [1.807, 2.05) is 0 Å². The largest absolute Gasteiger partial charge is 0.471 e. The molecule has 0 bridgehead atoms. The maximum Gasteiger partial charge on any atom is 0.471 e. The lowest BCUT2D eigenvalue weighted by Gasteiger charge is -2.18. The first kappa shape index (κ1) is 22.0. The Morgan fingerprint density at radius 1 is 1.00 bits per heavy atom. The summed E-state index contributed by atoms with van der Waals surface area (Å²) in [4.78, 5) is 3.39. The second kappa shape index (κ2) is 8.50. The molecule has 0 amide bonds. The number of alkyl halides is 3. The fourth-order valence-corrected chi connectivity index (χ4v) is 3.55. The molecule has 0 atom stereocenters. The number of nitrogens with one attached hydrogen (secondary N) is 2. The number of hydrazine groups is 2. The minimum atomic E-state index is -4.70. The smallest absolute Gasteiger partial charge is 0.456 e. The van der Waals surface area contributed by atoms with E-state index >= 15 is 0 Å². The van der Waals surface area contributed by atoms with Crippen molar-refractivity contribution >= 4 is 23.0 Å². The van der Waals surface area contributed by atoms with Crippen LogP contribution < -0.4 is 20.7 Å². The highest BCUT2D eigenvalue weighted by atomic mass is 35.5. The highest BCUT2D eigenvalue weighted by molar-refractivity contribution is 6.35. The summed E-state index contributed by atoms with van der Waals surface area (Å²) in [6, 6.07) is 15.8. The topological polar surface area (TPSA) is 75.5 Å². The number of halogens is 5. The van der Waals surface area contributed by atoms with Gasteiger partial charge in [-0.2, -0.15) is 18.2 Å². The van der Waals surface area contributed by atoms with Gasteiger partial charge in [-0.3, -0.25) is 5.01 Å². The van der Waals surface area contributed by atoms with Gasteiger partial charge in [0.15, 0.2) is 0 Å². The van der Waals surface area contributed by atoms with Crippen molar-refractivity contribution in [2.45, 2.75) is 12.7 Å². The summed E-state index contributed by atoms with van der Waals surface area (Å²) in [6.45, 7) is 0.412. The van der Waals surface area contributed by atoms with Gasteiger partial charge >= 0.3 is 12.1 Å².